The standard InChI is InChI=1S/2C9H18N2O4/c2*1-2-4-11(7-9(14)15)5-3-10-6-8(12)13/h2*10H,2-7H2,1H3,(H,12,13)(H,14,15). The van der Waals surface area contributed by atoms with E-state index in [1.807, 2.05) is 13.8 Å². The van der Waals surface area contributed by atoms with Crippen LogP contribution in [-0.2, 0) is 19.2 Å². The Labute approximate surface area is 176 Å². The summed E-state index contributed by atoms with van der Waals surface area (Å²) < 4.78 is 0. The van der Waals surface area contributed by atoms with Crippen molar-refractivity contribution in [3.05, 3.63) is 0 Å². The fourth-order valence-corrected chi connectivity index (χ4v) is 2.42. The zero-order valence-corrected chi connectivity index (χ0v) is 17.8. The smallest absolute Gasteiger partial charge is 0.317 e. The maximum atomic E-state index is 10.5. The van der Waals surface area contributed by atoms with Gasteiger partial charge in [0.2, 0.25) is 0 Å². The molecule has 0 spiro atoms. The van der Waals surface area contributed by atoms with Gasteiger partial charge in [-0.05, 0) is 25.9 Å². The molecule has 30 heavy (non-hydrogen) atoms. The Balaban J connectivity index is 0. The Morgan fingerprint density at radius 2 is 0.933 bits per heavy atom. The van der Waals surface area contributed by atoms with Gasteiger partial charge in [0.1, 0.15) is 0 Å². The minimum atomic E-state index is -0.907. The second-order valence-corrected chi connectivity index (χ2v) is 6.48. The third-order valence-electron chi connectivity index (χ3n) is 3.56. The predicted octanol–water partition coefficient (Wildman–Crippen LogP) is -1.09. The van der Waals surface area contributed by atoms with Crippen LogP contribution < -0.4 is 10.6 Å². The molecule has 0 amide bonds. The minimum absolute atomic E-state index is 0.00257. The molecule has 0 saturated heterocycles. The lowest BCUT2D eigenvalue weighted by Gasteiger charge is -2.19. The van der Waals surface area contributed by atoms with Crippen LogP contribution in [0.3, 0.4) is 0 Å². The number of aliphatic carboxylic acids is 4. The largest absolute Gasteiger partial charge is 0.480 e. The van der Waals surface area contributed by atoms with Crippen molar-refractivity contribution in [2.75, 3.05) is 65.4 Å². The quantitative estimate of drug-likeness (QED) is 0.143. The molecule has 0 aromatic rings. The van der Waals surface area contributed by atoms with Crippen LogP contribution in [0.15, 0.2) is 0 Å². The van der Waals surface area contributed by atoms with E-state index >= 15 is 0 Å². The Hall–Kier alpha value is -2.28. The van der Waals surface area contributed by atoms with E-state index in [4.69, 9.17) is 20.4 Å². The summed E-state index contributed by atoms with van der Waals surface area (Å²) in [6, 6.07) is 0. The molecule has 0 heterocycles. The van der Waals surface area contributed by atoms with Crippen molar-refractivity contribution in [3.63, 3.8) is 0 Å². The normalized spacial score (nSPS) is 10.5. The predicted molar refractivity (Wildman–Crippen MR) is 110 cm³/mol. The molecule has 0 unspecified atom stereocenters. The number of nitrogens with zero attached hydrogens (tertiary/aromatic N) is 2. The van der Waals surface area contributed by atoms with Gasteiger partial charge < -0.3 is 31.1 Å². The van der Waals surface area contributed by atoms with Gasteiger partial charge in [-0.15, -0.1) is 0 Å². The molecular formula is C18H36N4O8. The van der Waals surface area contributed by atoms with E-state index in [1.54, 1.807) is 9.80 Å². The van der Waals surface area contributed by atoms with Crippen molar-refractivity contribution >= 4 is 23.9 Å². The van der Waals surface area contributed by atoms with Gasteiger partial charge in [0.25, 0.3) is 0 Å². The average molecular weight is 437 g/mol. The molecule has 0 aromatic heterocycles. The summed E-state index contributed by atoms with van der Waals surface area (Å²) in [4.78, 5) is 44.8. The number of carboxylic acids is 4. The Bertz CT molecular complexity index is 461. The zero-order valence-electron chi connectivity index (χ0n) is 17.8. The fourth-order valence-electron chi connectivity index (χ4n) is 2.42. The van der Waals surface area contributed by atoms with Crippen molar-refractivity contribution in [1.82, 2.24) is 20.4 Å². The van der Waals surface area contributed by atoms with E-state index in [1.165, 1.54) is 0 Å². The van der Waals surface area contributed by atoms with Crippen molar-refractivity contribution in [3.8, 4) is 0 Å². The number of rotatable bonds is 18. The van der Waals surface area contributed by atoms with E-state index in [2.05, 4.69) is 10.6 Å². The minimum Gasteiger partial charge on any atom is -0.480 e. The highest BCUT2D eigenvalue weighted by Crippen LogP contribution is 1.91. The second kappa shape index (κ2) is 20.0. The first kappa shape index (κ1) is 29.9. The summed E-state index contributed by atoms with van der Waals surface area (Å²) in [7, 11) is 0. The Morgan fingerprint density at radius 1 is 0.600 bits per heavy atom. The highest BCUT2D eigenvalue weighted by molar-refractivity contribution is 5.70. The molecule has 0 rings (SSSR count). The van der Waals surface area contributed by atoms with Crippen LogP contribution in [0.2, 0.25) is 0 Å². The number of hydrogen-bond donors (Lipinski definition) is 6. The summed E-state index contributed by atoms with van der Waals surface area (Å²) in [5.41, 5.74) is 0. The Kier molecular flexibility index (Phi) is 20.0. The molecule has 0 aromatic carbocycles. The van der Waals surface area contributed by atoms with E-state index < -0.39 is 23.9 Å². The number of carbonyl (C=O) groups is 4. The molecular weight excluding hydrogens is 400 g/mol. The van der Waals surface area contributed by atoms with Crippen LogP contribution >= 0.6 is 0 Å². The Morgan fingerprint density at radius 3 is 1.17 bits per heavy atom. The summed E-state index contributed by atoms with van der Waals surface area (Å²) in [5, 5.41) is 39.3. The van der Waals surface area contributed by atoms with Gasteiger partial charge in [0.15, 0.2) is 0 Å². The van der Waals surface area contributed by atoms with Crippen LogP contribution in [0.5, 0.6) is 0 Å². The fraction of sp³-hybridized carbons (Fsp3) is 0.778. The summed E-state index contributed by atoms with van der Waals surface area (Å²) >= 11 is 0. The zero-order chi connectivity index (χ0) is 23.4. The molecule has 0 aliphatic rings. The van der Waals surface area contributed by atoms with Gasteiger partial charge >= 0.3 is 23.9 Å². The lowest BCUT2D eigenvalue weighted by molar-refractivity contribution is -0.139. The van der Waals surface area contributed by atoms with Crippen LogP contribution in [0.4, 0.5) is 0 Å². The summed E-state index contributed by atoms with van der Waals surface area (Å²) in [6.45, 7) is 7.26. The number of nitrogens with one attached hydrogen (secondary N) is 2. The highest BCUT2D eigenvalue weighted by Gasteiger charge is 2.09. The number of hydrogen-bond acceptors (Lipinski definition) is 8. The average Bonchev–Trinajstić information content (AvgIpc) is 2.62. The third-order valence-corrected chi connectivity index (χ3v) is 3.56. The van der Waals surface area contributed by atoms with Crippen molar-refractivity contribution in [2.45, 2.75) is 26.7 Å². The van der Waals surface area contributed by atoms with Crippen LogP contribution in [0, 0.1) is 0 Å². The van der Waals surface area contributed by atoms with Crippen LogP contribution in [-0.4, -0.2) is 120 Å². The molecule has 0 aliphatic heterocycles. The first-order valence-corrected chi connectivity index (χ1v) is 9.85. The first-order valence-electron chi connectivity index (χ1n) is 9.85. The lowest BCUT2D eigenvalue weighted by atomic mass is 10.4. The molecule has 0 bridgehead atoms. The van der Waals surface area contributed by atoms with E-state index in [0.29, 0.717) is 39.3 Å². The second-order valence-electron chi connectivity index (χ2n) is 6.48. The topological polar surface area (TPSA) is 180 Å². The maximum absolute atomic E-state index is 10.5. The van der Waals surface area contributed by atoms with Gasteiger partial charge in [-0.25, -0.2) is 0 Å². The molecule has 0 fully saturated rings. The van der Waals surface area contributed by atoms with Crippen molar-refractivity contribution in [2.24, 2.45) is 0 Å². The van der Waals surface area contributed by atoms with Crippen molar-refractivity contribution in [1.29, 1.82) is 0 Å². The highest BCUT2D eigenvalue weighted by atomic mass is 16.4. The molecule has 0 saturated carbocycles. The molecule has 12 nitrogen and oxygen atoms in total. The van der Waals surface area contributed by atoms with Gasteiger partial charge in [0, 0.05) is 26.2 Å². The number of carboxylic acid groups (broad SMARTS) is 4. The maximum Gasteiger partial charge on any atom is 0.317 e. The van der Waals surface area contributed by atoms with E-state index in [-0.39, 0.29) is 26.2 Å². The van der Waals surface area contributed by atoms with Gasteiger partial charge in [-0.2, -0.15) is 0 Å². The van der Waals surface area contributed by atoms with Crippen molar-refractivity contribution < 1.29 is 39.6 Å². The van der Waals surface area contributed by atoms with E-state index in [0.717, 1.165) is 12.8 Å². The van der Waals surface area contributed by atoms with Gasteiger partial charge in [-0.3, -0.25) is 29.0 Å². The molecule has 0 atom stereocenters. The van der Waals surface area contributed by atoms with Gasteiger partial charge in [0.05, 0.1) is 26.2 Å². The lowest BCUT2D eigenvalue weighted by Crippen LogP contribution is -2.37. The van der Waals surface area contributed by atoms with E-state index in [9.17, 15) is 19.2 Å². The molecule has 0 radical (unpaired) electrons. The summed E-state index contributed by atoms with van der Waals surface area (Å²) in [5.74, 6) is -3.53. The SMILES string of the molecule is CCCN(CCNCC(=O)O)CC(=O)O.CCCN(CCNCC(=O)O)CC(=O)O. The van der Waals surface area contributed by atoms with Crippen LogP contribution in [0.25, 0.3) is 0 Å². The monoisotopic (exact) mass is 436 g/mol. The van der Waals surface area contributed by atoms with Gasteiger partial charge in [-0.1, -0.05) is 13.8 Å². The molecule has 0 aliphatic carbocycles. The van der Waals surface area contributed by atoms with Crippen LogP contribution in [0.1, 0.15) is 26.7 Å². The molecule has 12 heteroatoms. The first-order chi connectivity index (χ1) is 14.1. The third kappa shape index (κ3) is 23.8. The molecule has 176 valence electrons. The molecule has 6 N–H and O–H groups in total. The summed E-state index contributed by atoms with van der Waals surface area (Å²) in [6.07, 6.45) is 1.76.